The Morgan fingerprint density at radius 1 is 1.13 bits per heavy atom. The first-order chi connectivity index (χ1) is 28.7. The number of methoxy groups -OCH3 is 1. The molecule has 322 valence electrons. The van der Waals surface area contributed by atoms with Gasteiger partial charge in [0.1, 0.15) is 12.1 Å². The normalized spacial score (nSPS) is 26.9. The zero-order chi connectivity index (χ0) is 42.5. The number of aromatic nitrogens is 2. The van der Waals surface area contributed by atoms with Gasteiger partial charge in [-0.05, 0) is 87.2 Å². The number of benzene rings is 1. The van der Waals surface area contributed by atoms with Crippen molar-refractivity contribution in [2.24, 2.45) is 28.2 Å². The molecule has 1 aromatic carbocycles. The van der Waals surface area contributed by atoms with Crippen LogP contribution in [-0.4, -0.2) is 120 Å². The van der Waals surface area contributed by atoms with Gasteiger partial charge < -0.3 is 29.2 Å². The average molecular weight is 839 g/mol. The van der Waals surface area contributed by atoms with Crippen LogP contribution in [0, 0.1) is 23.2 Å². The van der Waals surface area contributed by atoms with E-state index in [1.54, 1.807) is 7.11 Å². The smallest absolute Gasteiger partial charge is 0.324 e. The molecule has 5 unspecified atom stereocenters. The molecule has 2 aromatic heterocycles. The maximum atomic E-state index is 14.2. The molecule has 8 rings (SSSR count). The van der Waals surface area contributed by atoms with Crippen molar-refractivity contribution in [3.05, 3.63) is 57.3 Å². The molecule has 3 aromatic rings. The van der Waals surface area contributed by atoms with Crippen molar-refractivity contribution in [3.8, 4) is 11.3 Å². The molecule has 2 amide bonds. The van der Waals surface area contributed by atoms with Gasteiger partial charge >= 0.3 is 5.97 Å². The highest BCUT2D eigenvalue weighted by atomic mass is 32.1. The minimum absolute atomic E-state index is 0.109. The van der Waals surface area contributed by atoms with Crippen LogP contribution in [0.1, 0.15) is 75.7 Å². The Balaban J connectivity index is 1.22. The molecule has 0 spiro atoms. The van der Waals surface area contributed by atoms with Crippen molar-refractivity contribution in [2.75, 3.05) is 53.5 Å². The predicted octanol–water partition coefficient (Wildman–Crippen LogP) is 5.47. The molecule has 4 aliphatic heterocycles. The van der Waals surface area contributed by atoms with Crippen LogP contribution in [-0.2, 0) is 49.7 Å². The largest absolute Gasteiger partial charge is 0.464 e. The lowest BCUT2D eigenvalue weighted by atomic mass is 9.84. The van der Waals surface area contributed by atoms with Crippen molar-refractivity contribution in [1.82, 2.24) is 35.1 Å². The molecule has 1 saturated carbocycles. The summed E-state index contributed by atoms with van der Waals surface area (Å²) in [6, 6.07) is 3.02. The summed E-state index contributed by atoms with van der Waals surface area (Å²) in [6.45, 7) is 20.1. The molecular weight excluding hydrogens is 777 g/mol. The van der Waals surface area contributed by atoms with Gasteiger partial charge in [0.05, 0.1) is 34.6 Å². The maximum absolute atomic E-state index is 14.2. The van der Waals surface area contributed by atoms with Gasteiger partial charge in [0.25, 0.3) is 5.91 Å². The van der Waals surface area contributed by atoms with E-state index < -0.39 is 17.5 Å². The van der Waals surface area contributed by atoms with E-state index in [0.717, 1.165) is 84.3 Å². The highest BCUT2D eigenvalue weighted by Crippen LogP contribution is 2.45. The first-order valence-electron chi connectivity index (χ1n) is 21.8. The Hall–Kier alpha value is -4.37. The molecule has 60 heavy (non-hydrogen) atoms. The van der Waals surface area contributed by atoms with Crippen molar-refractivity contribution in [2.45, 2.75) is 97.9 Å². The molecular formula is C46H62N8O5S. The molecule has 1 aliphatic carbocycles. The van der Waals surface area contributed by atoms with Crippen LogP contribution in [0.3, 0.4) is 0 Å². The number of carbonyl (C=O) groups is 3. The number of hydrogen-bond donors (Lipinski definition) is 2. The second-order valence-electron chi connectivity index (χ2n) is 18.5. The third-order valence-electron chi connectivity index (χ3n) is 13.5. The highest BCUT2D eigenvalue weighted by molar-refractivity contribution is 7.10. The predicted molar refractivity (Wildman–Crippen MR) is 236 cm³/mol. The fraction of sp³-hybridized carbons (Fsp3) is 0.587. The van der Waals surface area contributed by atoms with Gasteiger partial charge in [-0.1, -0.05) is 34.3 Å². The van der Waals surface area contributed by atoms with Crippen molar-refractivity contribution >= 4 is 52.3 Å². The number of nitrogens with zero attached hydrogens (tertiary/aromatic N) is 6. The van der Waals surface area contributed by atoms with Crippen LogP contribution in [0.2, 0.25) is 0 Å². The van der Waals surface area contributed by atoms with E-state index >= 15 is 0 Å². The first kappa shape index (κ1) is 42.3. The number of amides is 2. The summed E-state index contributed by atoms with van der Waals surface area (Å²) in [5.41, 5.74) is 11.0. The lowest BCUT2D eigenvalue weighted by Gasteiger charge is -2.35. The molecule has 13 nitrogen and oxygen atoms in total. The quantitative estimate of drug-likeness (QED) is 0.224. The second-order valence-corrected chi connectivity index (χ2v) is 19.5. The fourth-order valence-corrected chi connectivity index (χ4v) is 10.2. The standard InChI is InChI=1S/C46H62N8O5S/c1-27(52-17-15-51(7)16-18-52)24-47-36(30(4)58-8)21-39-34-23-46(5,6)26-59-45(57)35-12-10-14-54(50-35)44(56)37(49-43(55)41-28(2)29(41)3)22-40-48-38(25-60-40)32-19-31-11-9-13-53(39)42(31)33(34)20-32/h19-21,24-25,28-30,35,37,41,50H,1,9-18,22-23,26H2,2-8H3,(H,49,55)/b36-21+,47-24?. The summed E-state index contributed by atoms with van der Waals surface area (Å²) in [6.07, 6.45) is 7.77. The fourth-order valence-electron chi connectivity index (χ4n) is 9.38. The molecule has 5 aliphatic rings. The number of aliphatic imine (C=N–C) groups is 1. The topological polar surface area (TPSA) is 134 Å². The summed E-state index contributed by atoms with van der Waals surface area (Å²) in [4.78, 5) is 56.3. The van der Waals surface area contributed by atoms with E-state index in [1.807, 2.05) is 13.1 Å². The van der Waals surface area contributed by atoms with Gasteiger partial charge in [-0.2, -0.15) is 0 Å². The number of piperazine rings is 1. The van der Waals surface area contributed by atoms with E-state index in [1.165, 1.54) is 33.0 Å². The number of carbonyl (C=O) groups excluding carboxylic acids is 3. The maximum Gasteiger partial charge on any atom is 0.324 e. The number of rotatable bonds is 8. The van der Waals surface area contributed by atoms with Crippen molar-refractivity contribution in [1.29, 1.82) is 0 Å². The Labute approximate surface area is 358 Å². The van der Waals surface area contributed by atoms with Crippen LogP contribution in [0.4, 0.5) is 0 Å². The first-order valence-corrected chi connectivity index (χ1v) is 22.7. The monoisotopic (exact) mass is 838 g/mol. The van der Waals surface area contributed by atoms with E-state index in [4.69, 9.17) is 19.5 Å². The molecule has 6 heterocycles. The zero-order valence-corrected chi connectivity index (χ0v) is 37.2. The number of cyclic esters (lactones) is 1. The van der Waals surface area contributed by atoms with Crippen molar-refractivity contribution in [3.63, 3.8) is 0 Å². The highest BCUT2D eigenvalue weighted by Gasteiger charge is 2.49. The lowest BCUT2D eigenvalue weighted by Crippen LogP contribution is -2.60. The number of hydrogen-bond acceptors (Lipinski definition) is 11. The van der Waals surface area contributed by atoms with Crippen LogP contribution in [0.25, 0.3) is 28.2 Å². The second kappa shape index (κ2) is 17.2. The molecule has 2 N–H and O–H groups in total. The van der Waals surface area contributed by atoms with Gasteiger partial charge in [0, 0.05) is 98.1 Å². The Morgan fingerprint density at radius 2 is 1.90 bits per heavy atom. The summed E-state index contributed by atoms with van der Waals surface area (Å²) < 4.78 is 14.5. The number of aryl methyl sites for hydroxylation is 2. The van der Waals surface area contributed by atoms with Gasteiger partial charge in [0.15, 0.2) is 0 Å². The Kier molecular flexibility index (Phi) is 12.1. The molecule has 0 radical (unpaired) electrons. The number of esters is 1. The molecule has 3 fully saturated rings. The number of hydrazine groups is 1. The summed E-state index contributed by atoms with van der Waals surface area (Å²) >= 11 is 1.51. The van der Waals surface area contributed by atoms with E-state index in [9.17, 15) is 14.4 Å². The number of ether oxygens (including phenoxy) is 2. The van der Waals surface area contributed by atoms with Crippen LogP contribution in [0.5, 0.6) is 0 Å². The minimum atomic E-state index is -0.833. The molecule has 6 bridgehead atoms. The average Bonchev–Trinajstić information content (AvgIpc) is 3.49. The number of nitrogens with one attached hydrogen (secondary N) is 2. The van der Waals surface area contributed by atoms with Crippen LogP contribution in [0.15, 0.2) is 40.5 Å². The third kappa shape index (κ3) is 8.71. The Morgan fingerprint density at radius 3 is 2.63 bits per heavy atom. The van der Waals surface area contributed by atoms with Crippen LogP contribution < -0.4 is 10.7 Å². The van der Waals surface area contributed by atoms with Gasteiger partial charge in [-0.25, -0.2) is 10.4 Å². The third-order valence-corrected chi connectivity index (χ3v) is 14.4. The van der Waals surface area contributed by atoms with E-state index in [2.05, 4.69) is 90.0 Å². The number of allylic oxidation sites excluding steroid dienone is 1. The molecule has 14 heteroatoms. The Bertz CT molecular complexity index is 2210. The summed E-state index contributed by atoms with van der Waals surface area (Å²) in [5, 5.41) is 8.58. The number of likely N-dealkylation sites (N-methyl/N-ethyl adjacent to an activating group) is 1. The SMILES string of the molecule is C=C(C=N/C(=C/c1c2c3cc(cc4c3n1CCC4)-c1csc(n1)CC(NC(=O)C1C(C)C1C)C(=O)N1CCCC(N1)C(=O)OCC(C)(C)C2)C(C)OC)N1CCN(C)CC1. The van der Waals surface area contributed by atoms with Crippen LogP contribution >= 0.6 is 11.3 Å². The lowest BCUT2D eigenvalue weighted by molar-refractivity contribution is -0.155. The summed E-state index contributed by atoms with van der Waals surface area (Å²) in [5.74, 6) is -0.350. The van der Waals surface area contributed by atoms with Crippen molar-refractivity contribution < 1.29 is 23.9 Å². The van der Waals surface area contributed by atoms with E-state index in [0.29, 0.717) is 25.8 Å². The van der Waals surface area contributed by atoms with E-state index in [-0.39, 0.29) is 54.7 Å². The minimum Gasteiger partial charge on any atom is -0.464 e. The van der Waals surface area contributed by atoms with Gasteiger partial charge in [-0.15, -0.1) is 11.3 Å². The zero-order valence-electron chi connectivity index (χ0n) is 36.4. The summed E-state index contributed by atoms with van der Waals surface area (Å²) in [7, 11) is 3.86. The molecule has 2 saturated heterocycles. The number of fused-ring (bicyclic) bond motifs is 6. The van der Waals surface area contributed by atoms with Gasteiger partial charge in [0.2, 0.25) is 5.91 Å². The molecule has 5 atom stereocenters. The van der Waals surface area contributed by atoms with Gasteiger partial charge in [-0.3, -0.25) is 24.4 Å². The number of thiazole rings is 1.